The third kappa shape index (κ3) is 3.66. The normalized spacial score (nSPS) is 33.2. The van der Waals surface area contributed by atoms with Crippen LogP contribution in [0.4, 0.5) is 5.69 Å². The van der Waals surface area contributed by atoms with Gasteiger partial charge in [0.1, 0.15) is 5.75 Å². The van der Waals surface area contributed by atoms with E-state index in [9.17, 15) is 9.90 Å². The van der Waals surface area contributed by atoms with Crippen LogP contribution in [-0.4, -0.2) is 77.0 Å². The molecule has 42 heavy (non-hydrogen) atoms. The van der Waals surface area contributed by atoms with Crippen molar-refractivity contribution in [2.45, 2.75) is 62.1 Å². The molecule has 7 nitrogen and oxygen atoms in total. The van der Waals surface area contributed by atoms with Crippen LogP contribution in [0, 0.1) is 11.8 Å². The van der Waals surface area contributed by atoms with E-state index in [1.54, 1.807) is 0 Å². The van der Waals surface area contributed by atoms with Gasteiger partial charge in [0, 0.05) is 47.3 Å². The lowest BCUT2D eigenvalue weighted by Gasteiger charge is -2.46. The Kier molecular flexibility index (Phi) is 6.12. The summed E-state index contributed by atoms with van der Waals surface area (Å²) in [6, 6.07) is 13.2. The Morgan fingerprint density at radius 1 is 1.12 bits per heavy atom. The highest BCUT2D eigenvalue weighted by atomic mass is 16.3. The maximum absolute atomic E-state index is 14.2. The number of likely N-dealkylation sites (N-methyl/N-ethyl adjacent to an activating group) is 1. The lowest BCUT2D eigenvalue weighted by atomic mass is 9.67. The van der Waals surface area contributed by atoms with Crippen molar-refractivity contribution >= 4 is 22.5 Å². The predicted molar refractivity (Wildman–Crippen MR) is 167 cm³/mol. The van der Waals surface area contributed by atoms with E-state index < -0.39 is 5.41 Å². The number of aromatic amines is 1. The summed E-state index contributed by atoms with van der Waals surface area (Å²) in [6.07, 6.45) is 8.22. The minimum atomic E-state index is -0.565. The second-order valence-corrected chi connectivity index (χ2v) is 13.7. The first kappa shape index (κ1) is 26.5. The predicted octanol–water partition coefficient (Wildman–Crippen LogP) is 5.35. The highest BCUT2D eigenvalue weighted by Gasteiger charge is 2.60. The molecule has 3 saturated heterocycles. The van der Waals surface area contributed by atoms with Gasteiger partial charge in [-0.1, -0.05) is 30.3 Å². The van der Waals surface area contributed by atoms with Crippen molar-refractivity contribution in [3.63, 3.8) is 0 Å². The van der Waals surface area contributed by atoms with E-state index in [2.05, 4.69) is 76.0 Å². The summed E-state index contributed by atoms with van der Waals surface area (Å²) in [6.45, 7) is 8.24. The zero-order valence-corrected chi connectivity index (χ0v) is 24.9. The fourth-order valence-corrected chi connectivity index (χ4v) is 9.62. The van der Waals surface area contributed by atoms with Gasteiger partial charge in [0.2, 0.25) is 5.91 Å². The van der Waals surface area contributed by atoms with Gasteiger partial charge in [-0.3, -0.25) is 19.5 Å². The van der Waals surface area contributed by atoms with E-state index in [-0.39, 0.29) is 18.0 Å². The molecule has 0 unspecified atom stereocenters. The number of aromatic hydroxyl groups is 1. The van der Waals surface area contributed by atoms with E-state index in [0.29, 0.717) is 23.6 Å². The van der Waals surface area contributed by atoms with Crippen LogP contribution < -0.4 is 5.32 Å². The number of para-hydroxylation sites is 1. The summed E-state index contributed by atoms with van der Waals surface area (Å²) >= 11 is 0. The Morgan fingerprint density at radius 2 is 1.98 bits per heavy atom. The van der Waals surface area contributed by atoms with Gasteiger partial charge in [-0.25, -0.2) is 0 Å². The monoisotopic (exact) mass is 565 g/mol. The number of anilines is 1. The molecule has 220 valence electrons. The van der Waals surface area contributed by atoms with E-state index in [0.717, 1.165) is 81.5 Å². The average molecular weight is 566 g/mol. The van der Waals surface area contributed by atoms with Crippen LogP contribution in [0.2, 0.25) is 0 Å². The number of hydrogen-bond donors (Lipinski definition) is 3. The molecule has 6 atom stereocenters. The zero-order chi connectivity index (χ0) is 28.7. The molecular weight excluding hydrogens is 522 g/mol. The zero-order valence-electron chi connectivity index (χ0n) is 24.9. The Morgan fingerprint density at radius 3 is 2.79 bits per heavy atom. The number of carbonyl (C=O) groups is 1. The summed E-state index contributed by atoms with van der Waals surface area (Å²) in [5.41, 5.74) is 6.44. The summed E-state index contributed by atoms with van der Waals surface area (Å²) in [4.78, 5) is 25.4. The number of hydrogen-bond acceptors (Lipinski definition) is 5. The number of phenolic OH excluding ortho intramolecular Hbond substituents is 1. The van der Waals surface area contributed by atoms with Crippen molar-refractivity contribution in [1.29, 1.82) is 0 Å². The first-order chi connectivity index (χ1) is 20.4. The second-order valence-electron chi connectivity index (χ2n) is 13.7. The van der Waals surface area contributed by atoms with Gasteiger partial charge in [-0.05, 0) is 101 Å². The number of nitrogens with zero attached hydrogens (tertiary/aromatic N) is 3. The number of H-pyrrole nitrogens is 1. The number of aromatic nitrogens is 1. The highest BCUT2D eigenvalue weighted by Crippen LogP contribution is 2.56. The number of benzene rings is 2. The second kappa shape index (κ2) is 9.69. The minimum absolute atomic E-state index is 0.126. The first-order valence-electron chi connectivity index (χ1n) is 15.9. The largest absolute Gasteiger partial charge is 0.508 e. The summed E-state index contributed by atoms with van der Waals surface area (Å²) in [5, 5.41) is 15.7. The molecule has 5 aliphatic rings. The van der Waals surface area contributed by atoms with Crippen LogP contribution >= 0.6 is 0 Å². The minimum Gasteiger partial charge on any atom is -0.508 e. The molecule has 0 saturated carbocycles. The molecule has 6 heterocycles. The van der Waals surface area contributed by atoms with Crippen LogP contribution in [0.5, 0.6) is 5.75 Å². The van der Waals surface area contributed by atoms with Gasteiger partial charge in [0.25, 0.3) is 0 Å². The molecule has 5 aliphatic heterocycles. The van der Waals surface area contributed by atoms with E-state index in [4.69, 9.17) is 0 Å². The molecule has 3 aromatic rings. The Bertz CT molecular complexity index is 1580. The van der Waals surface area contributed by atoms with Gasteiger partial charge in [0.05, 0.1) is 17.1 Å². The Balaban J connectivity index is 1.15. The van der Waals surface area contributed by atoms with Gasteiger partial charge < -0.3 is 15.4 Å². The van der Waals surface area contributed by atoms with Gasteiger partial charge >= 0.3 is 0 Å². The molecule has 0 bridgehead atoms. The van der Waals surface area contributed by atoms with Crippen LogP contribution in [0.25, 0.3) is 10.9 Å². The van der Waals surface area contributed by atoms with Crippen molar-refractivity contribution in [2.24, 2.45) is 11.8 Å². The van der Waals surface area contributed by atoms with Crippen LogP contribution in [0.15, 0.2) is 49.1 Å². The quantitative estimate of drug-likeness (QED) is 0.372. The van der Waals surface area contributed by atoms with Crippen molar-refractivity contribution in [2.75, 3.05) is 45.6 Å². The number of piperidine rings is 1. The molecule has 1 amide bonds. The number of nitrogens with one attached hydrogen (secondary N) is 2. The maximum atomic E-state index is 14.2. The number of rotatable bonds is 4. The molecule has 3 fully saturated rings. The van der Waals surface area contributed by atoms with E-state index in [1.165, 1.54) is 22.2 Å². The van der Waals surface area contributed by atoms with Crippen LogP contribution in [0.1, 0.15) is 66.6 Å². The number of amides is 1. The first-order valence-corrected chi connectivity index (χ1v) is 15.9. The van der Waals surface area contributed by atoms with Crippen LogP contribution in [-0.2, 0) is 16.6 Å². The molecule has 2 aromatic carbocycles. The lowest BCUT2D eigenvalue weighted by Crippen LogP contribution is -2.53. The average Bonchev–Trinajstić information content (AvgIpc) is 3.75. The molecule has 8 rings (SSSR count). The third-order valence-electron chi connectivity index (χ3n) is 11.8. The number of carbonyl (C=O) groups excluding carboxylic acids is 1. The van der Waals surface area contributed by atoms with Crippen molar-refractivity contribution in [1.82, 2.24) is 19.7 Å². The molecule has 7 heteroatoms. The van der Waals surface area contributed by atoms with Crippen molar-refractivity contribution < 1.29 is 9.90 Å². The molecule has 0 radical (unpaired) electrons. The maximum Gasteiger partial charge on any atom is 0.236 e. The Labute approximate surface area is 248 Å². The third-order valence-corrected chi connectivity index (χ3v) is 11.8. The number of phenols is 1. The van der Waals surface area contributed by atoms with E-state index in [1.807, 2.05) is 12.1 Å². The van der Waals surface area contributed by atoms with Gasteiger partial charge in [-0.15, -0.1) is 6.58 Å². The summed E-state index contributed by atoms with van der Waals surface area (Å²) in [7, 11) is 4.39. The van der Waals surface area contributed by atoms with Crippen molar-refractivity contribution in [3.8, 4) is 5.75 Å². The highest BCUT2D eigenvalue weighted by molar-refractivity contribution is 6.08. The SMILES string of the molecule is C=C[C@H]1CN2CC[C@@]3(C(=O)Nc4c3ccc(O)c4[C@H]3CCCN3C)[C@@H]2C[C@@H]1C[C@H]1c2[nH]c3ccccc3c2CCN1C. The topological polar surface area (TPSA) is 74.8 Å². The summed E-state index contributed by atoms with van der Waals surface area (Å²) in [5.74, 6) is 1.26. The van der Waals surface area contributed by atoms with E-state index >= 15 is 0 Å². The van der Waals surface area contributed by atoms with Gasteiger partial charge in [-0.2, -0.15) is 0 Å². The standard InChI is InChI=1S/C35H43N5O2/c1-4-21-20-40-17-14-35(25-11-12-29(41)31(33(25)37-34(35)42)27-10-7-15-38(27)2)30(40)19-22(21)18-28-32-24(13-16-39(28)3)23-8-5-6-9-26(23)36-32/h4-6,8-9,11-12,21-22,27-28,30,36,41H,1,7,10,13-20H2,2-3H3,(H,37,42)/t21-,22-,27+,28-,30-,35-/m0/s1. The smallest absolute Gasteiger partial charge is 0.236 e. The van der Waals surface area contributed by atoms with Gasteiger partial charge in [0.15, 0.2) is 0 Å². The lowest BCUT2D eigenvalue weighted by molar-refractivity contribution is -0.122. The van der Waals surface area contributed by atoms with Crippen molar-refractivity contribution in [3.05, 3.63) is 71.4 Å². The fourth-order valence-electron chi connectivity index (χ4n) is 9.62. The fraction of sp³-hybridized carbons (Fsp3) is 0.514. The molecule has 1 aromatic heterocycles. The number of fused-ring (bicyclic) bond motifs is 7. The molecule has 0 aliphatic carbocycles. The molecule has 1 spiro atoms. The summed E-state index contributed by atoms with van der Waals surface area (Å²) < 4.78 is 0. The molecule has 3 N–H and O–H groups in total. The number of likely N-dealkylation sites (tertiary alicyclic amines) is 1. The molecular formula is C35H43N5O2. The Hall–Kier alpha value is -3.13. The van der Waals surface area contributed by atoms with Crippen LogP contribution in [0.3, 0.4) is 0 Å².